The van der Waals surface area contributed by atoms with E-state index in [9.17, 15) is 17.6 Å². The topological polar surface area (TPSA) is 68.6 Å². The van der Waals surface area contributed by atoms with Crippen molar-refractivity contribution < 1.29 is 22.3 Å². The lowest BCUT2D eigenvalue weighted by Gasteiger charge is -2.16. The van der Waals surface area contributed by atoms with Crippen LogP contribution in [-0.2, 0) is 14.8 Å². The van der Waals surface area contributed by atoms with Crippen LogP contribution < -0.4 is 4.90 Å². The Morgan fingerprint density at radius 3 is 2.42 bits per heavy atom. The van der Waals surface area contributed by atoms with Gasteiger partial charge in [-0.15, -0.1) is 0 Å². The Morgan fingerprint density at radius 2 is 1.81 bits per heavy atom. The number of halogens is 1. The first-order chi connectivity index (χ1) is 12.3. The molecule has 0 aliphatic carbocycles. The third-order valence-electron chi connectivity index (χ3n) is 4.12. The Kier molecular flexibility index (Phi) is 4.45. The number of ether oxygens (including phenoxy) is 1. The van der Waals surface area contributed by atoms with Gasteiger partial charge in [-0.3, -0.25) is 4.90 Å². The monoisotopic (exact) mass is 376 g/mol. The summed E-state index contributed by atoms with van der Waals surface area (Å²) in [6.45, 7) is 1.85. The number of carbonyl (C=O) groups is 1. The van der Waals surface area contributed by atoms with Gasteiger partial charge in [0.25, 0.3) is 10.0 Å². The number of aryl methyl sites for hydroxylation is 1. The number of fused-ring (bicyclic) bond motifs is 1. The lowest BCUT2D eigenvalue weighted by molar-refractivity contribution is 0.180. The average molecular weight is 376 g/mol. The fraction of sp³-hybridized carbons (Fsp3) is 0.167. The van der Waals surface area contributed by atoms with Crippen molar-refractivity contribution in [3.63, 3.8) is 0 Å². The second-order valence-electron chi connectivity index (χ2n) is 5.82. The van der Waals surface area contributed by atoms with Crippen LogP contribution in [0, 0.1) is 12.7 Å². The summed E-state index contributed by atoms with van der Waals surface area (Å²) in [7, 11) is -1.29. The van der Waals surface area contributed by atoms with Gasteiger partial charge in [-0.1, -0.05) is 17.7 Å². The highest BCUT2D eigenvalue weighted by molar-refractivity contribution is 7.90. The summed E-state index contributed by atoms with van der Waals surface area (Å²) in [6, 6.07) is 10.3. The molecule has 2 aromatic carbocycles. The van der Waals surface area contributed by atoms with Crippen LogP contribution in [0.5, 0.6) is 0 Å². The van der Waals surface area contributed by atoms with E-state index in [0.29, 0.717) is 0 Å². The molecule has 8 heteroatoms. The second kappa shape index (κ2) is 6.45. The molecule has 0 aliphatic rings. The van der Waals surface area contributed by atoms with Gasteiger partial charge in [0.1, 0.15) is 5.82 Å². The van der Waals surface area contributed by atoms with Crippen molar-refractivity contribution >= 4 is 32.7 Å². The molecule has 1 amide bonds. The van der Waals surface area contributed by atoms with E-state index < -0.39 is 21.9 Å². The van der Waals surface area contributed by atoms with Crippen molar-refractivity contribution in [2.45, 2.75) is 11.8 Å². The van der Waals surface area contributed by atoms with Gasteiger partial charge in [0, 0.05) is 18.6 Å². The molecule has 0 N–H and O–H groups in total. The average Bonchev–Trinajstić information content (AvgIpc) is 3.06. The Balaban J connectivity index is 2.20. The van der Waals surface area contributed by atoms with E-state index in [1.54, 1.807) is 12.1 Å². The number of aromatic nitrogens is 1. The van der Waals surface area contributed by atoms with E-state index in [4.69, 9.17) is 0 Å². The van der Waals surface area contributed by atoms with Gasteiger partial charge in [0.2, 0.25) is 0 Å². The van der Waals surface area contributed by atoms with Crippen molar-refractivity contribution in [2.24, 2.45) is 0 Å². The molecule has 136 valence electrons. The molecule has 0 unspecified atom stereocenters. The van der Waals surface area contributed by atoms with Crippen LogP contribution in [0.2, 0.25) is 0 Å². The molecular formula is C18H17FN2O4S. The largest absolute Gasteiger partial charge is 0.452 e. The molecule has 1 aromatic heterocycles. The SMILES string of the molecule is COC(=O)N(C)c1cc(F)c2ccn(S(=O)(=O)c3ccc(C)cc3)c2c1. The van der Waals surface area contributed by atoms with Gasteiger partial charge >= 0.3 is 6.09 Å². The van der Waals surface area contributed by atoms with Gasteiger partial charge in [0.05, 0.1) is 23.2 Å². The first-order valence-corrected chi connectivity index (χ1v) is 9.14. The van der Waals surface area contributed by atoms with Crippen molar-refractivity contribution in [2.75, 3.05) is 19.1 Å². The van der Waals surface area contributed by atoms with Gasteiger partial charge in [-0.2, -0.15) is 0 Å². The van der Waals surface area contributed by atoms with E-state index in [2.05, 4.69) is 4.74 Å². The van der Waals surface area contributed by atoms with Crippen LogP contribution in [0.15, 0.2) is 53.6 Å². The van der Waals surface area contributed by atoms with Gasteiger partial charge in [-0.25, -0.2) is 21.6 Å². The van der Waals surface area contributed by atoms with Crippen LogP contribution in [0.4, 0.5) is 14.9 Å². The van der Waals surface area contributed by atoms with E-state index in [1.165, 1.54) is 44.6 Å². The predicted octanol–water partition coefficient (Wildman–Crippen LogP) is 3.53. The number of benzene rings is 2. The lowest BCUT2D eigenvalue weighted by atomic mass is 10.2. The minimum absolute atomic E-state index is 0.0905. The molecule has 26 heavy (non-hydrogen) atoms. The van der Waals surface area contributed by atoms with Crippen molar-refractivity contribution in [3.8, 4) is 0 Å². The molecule has 0 fully saturated rings. The number of rotatable bonds is 3. The van der Waals surface area contributed by atoms with E-state index in [0.717, 1.165) is 20.5 Å². The maximum atomic E-state index is 14.4. The summed E-state index contributed by atoms with van der Waals surface area (Å²) in [6.07, 6.45) is 0.605. The molecule has 3 rings (SSSR count). The normalized spacial score (nSPS) is 11.5. The van der Waals surface area contributed by atoms with Crippen LogP contribution in [0.1, 0.15) is 5.56 Å². The van der Waals surface area contributed by atoms with E-state index in [1.807, 2.05) is 6.92 Å². The molecule has 3 aromatic rings. The molecule has 1 heterocycles. The summed E-state index contributed by atoms with van der Waals surface area (Å²) in [5.74, 6) is -0.633. The second-order valence-corrected chi connectivity index (χ2v) is 7.63. The van der Waals surface area contributed by atoms with E-state index in [-0.39, 0.29) is 21.5 Å². The maximum absolute atomic E-state index is 14.4. The van der Waals surface area contributed by atoms with Crippen LogP contribution in [0.25, 0.3) is 10.9 Å². The van der Waals surface area contributed by atoms with Crippen molar-refractivity contribution in [3.05, 3.63) is 60.0 Å². The van der Waals surface area contributed by atoms with Gasteiger partial charge in [-0.05, 0) is 37.3 Å². The molecular weight excluding hydrogens is 359 g/mol. The minimum Gasteiger partial charge on any atom is -0.452 e. The summed E-state index contributed by atoms with van der Waals surface area (Å²) >= 11 is 0. The minimum atomic E-state index is -3.91. The molecule has 0 aliphatic heterocycles. The Hall–Kier alpha value is -2.87. The fourth-order valence-corrected chi connectivity index (χ4v) is 3.97. The van der Waals surface area contributed by atoms with Crippen LogP contribution in [0.3, 0.4) is 0 Å². The van der Waals surface area contributed by atoms with Crippen LogP contribution in [-0.4, -0.2) is 32.6 Å². The number of amides is 1. The number of carbonyl (C=O) groups excluding carboxylic acids is 1. The van der Waals surface area contributed by atoms with Crippen molar-refractivity contribution in [1.82, 2.24) is 3.97 Å². The third-order valence-corrected chi connectivity index (χ3v) is 5.82. The van der Waals surface area contributed by atoms with Gasteiger partial charge in [0.15, 0.2) is 0 Å². The molecule has 0 spiro atoms. The standard InChI is InChI=1S/C18H17FN2O4S/c1-12-4-6-14(7-5-12)26(23,24)21-9-8-15-16(19)10-13(11-17(15)21)20(2)18(22)25-3/h4-11H,1-3H3. The summed E-state index contributed by atoms with van der Waals surface area (Å²) < 4.78 is 45.9. The quantitative estimate of drug-likeness (QED) is 0.701. The van der Waals surface area contributed by atoms with Crippen molar-refractivity contribution in [1.29, 1.82) is 0 Å². The molecule has 0 saturated heterocycles. The van der Waals surface area contributed by atoms with Crippen LogP contribution >= 0.6 is 0 Å². The summed E-state index contributed by atoms with van der Waals surface area (Å²) in [4.78, 5) is 12.9. The zero-order valence-corrected chi connectivity index (χ0v) is 15.2. The Morgan fingerprint density at radius 1 is 1.15 bits per heavy atom. The maximum Gasteiger partial charge on any atom is 0.413 e. The third kappa shape index (κ3) is 2.92. The number of hydrogen-bond acceptors (Lipinski definition) is 4. The fourth-order valence-electron chi connectivity index (χ4n) is 2.63. The number of hydrogen-bond donors (Lipinski definition) is 0. The molecule has 0 atom stereocenters. The zero-order valence-electron chi connectivity index (χ0n) is 14.4. The zero-order chi connectivity index (χ0) is 19.1. The Bertz CT molecular complexity index is 1090. The van der Waals surface area contributed by atoms with E-state index >= 15 is 0 Å². The molecule has 0 saturated carbocycles. The first kappa shape index (κ1) is 17.9. The highest BCUT2D eigenvalue weighted by atomic mass is 32.2. The highest BCUT2D eigenvalue weighted by Crippen LogP contribution is 2.29. The smallest absolute Gasteiger partial charge is 0.413 e. The summed E-state index contributed by atoms with van der Waals surface area (Å²) in [5.41, 5.74) is 1.24. The highest BCUT2D eigenvalue weighted by Gasteiger charge is 2.22. The number of methoxy groups -OCH3 is 1. The molecule has 6 nitrogen and oxygen atoms in total. The summed E-state index contributed by atoms with van der Waals surface area (Å²) in [5, 5.41) is 0.141. The molecule has 0 radical (unpaired) electrons. The lowest BCUT2D eigenvalue weighted by Crippen LogP contribution is -2.26. The Labute approximate surface area is 150 Å². The number of nitrogens with zero attached hydrogens (tertiary/aromatic N) is 2. The van der Waals surface area contributed by atoms with Gasteiger partial charge < -0.3 is 4.74 Å². The molecule has 0 bridgehead atoms. The number of anilines is 1. The first-order valence-electron chi connectivity index (χ1n) is 7.70. The predicted molar refractivity (Wildman–Crippen MR) is 96.5 cm³/mol.